The van der Waals surface area contributed by atoms with Gasteiger partial charge in [0.15, 0.2) is 5.69 Å². The average Bonchev–Trinajstić information content (AvgIpc) is 2.82. The number of halogens is 1. The molecular weight excluding hydrogens is 332 g/mol. The van der Waals surface area contributed by atoms with Crippen molar-refractivity contribution in [3.63, 3.8) is 0 Å². The molecule has 2 aromatic rings. The first-order chi connectivity index (χ1) is 10.0. The zero-order valence-electron chi connectivity index (χ0n) is 12.2. The number of hydrogen-bond donors (Lipinski definition) is 2. The molecule has 0 fully saturated rings. The van der Waals surface area contributed by atoms with Gasteiger partial charge in [0.05, 0.1) is 11.4 Å². The molecule has 0 aliphatic rings. The van der Waals surface area contributed by atoms with Gasteiger partial charge >= 0.3 is 0 Å². The number of aromatic nitrogens is 2. The summed E-state index contributed by atoms with van der Waals surface area (Å²) in [5.74, 6) is -0.172. The second kappa shape index (κ2) is 6.76. The van der Waals surface area contributed by atoms with E-state index in [4.69, 9.17) is 5.73 Å². The molecule has 21 heavy (non-hydrogen) atoms. The summed E-state index contributed by atoms with van der Waals surface area (Å²) in [7, 11) is 1.75. The molecule has 0 unspecified atom stereocenters. The van der Waals surface area contributed by atoms with Gasteiger partial charge in [0.1, 0.15) is 0 Å². The monoisotopic (exact) mass is 350 g/mol. The SMILES string of the molecule is CCCc1[nH]nc(C(=O)N(C)Cc2ccc(Br)cc2)c1N. The summed E-state index contributed by atoms with van der Waals surface area (Å²) in [6.07, 6.45) is 1.75. The lowest BCUT2D eigenvalue weighted by Crippen LogP contribution is -2.27. The van der Waals surface area contributed by atoms with Crippen LogP contribution >= 0.6 is 15.9 Å². The van der Waals surface area contributed by atoms with Gasteiger partial charge in [0.25, 0.3) is 5.91 Å². The number of carbonyl (C=O) groups is 1. The topological polar surface area (TPSA) is 75.0 Å². The first-order valence-electron chi connectivity index (χ1n) is 6.85. The highest BCUT2D eigenvalue weighted by Crippen LogP contribution is 2.18. The molecule has 0 saturated carbocycles. The second-order valence-electron chi connectivity index (χ2n) is 5.00. The van der Waals surface area contributed by atoms with Crippen LogP contribution in [-0.4, -0.2) is 28.1 Å². The van der Waals surface area contributed by atoms with Crippen molar-refractivity contribution in [2.45, 2.75) is 26.3 Å². The van der Waals surface area contributed by atoms with Gasteiger partial charge in [0, 0.05) is 18.1 Å². The Balaban J connectivity index is 2.10. The van der Waals surface area contributed by atoms with E-state index in [0.717, 1.165) is 28.6 Å². The Morgan fingerprint density at radius 1 is 1.38 bits per heavy atom. The zero-order chi connectivity index (χ0) is 15.4. The molecule has 2 rings (SSSR count). The molecule has 3 N–H and O–H groups in total. The third-order valence-electron chi connectivity index (χ3n) is 3.27. The van der Waals surface area contributed by atoms with Crippen molar-refractivity contribution in [2.75, 3.05) is 12.8 Å². The molecule has 1 amide bonds. The summed E-state index contributed by atoms with van der Waals surface area (Å²) in [5, 5.41) is 6.92. The summed E-state index contributed by atoms with van der Waals surface area (Å²) in [4.78, 5) is 14.0. The molecule has 6 heteroatoms. The standard InChI is InChI=1S/C15H19BrN4O/c1-3-4-12-13(17)14(19-18-12)15(21)20(2)9-10-5-7-11(16)8-6-10/h5-8H,3-4,9,17H2,1-2H3,(H,18,19). The zero-order valence-corrected chi connectivity index (χ0v) is 13.8. The summed E-state index contributed by atoms with van der Waals surface area (Å²) in [6, 6.07) is 7.86. The van der Waals surface area contributed by atoms with Crippen LogP contribution in [0.1, 0.15) is 35.1 Å². The van der Waals surface area contributed by atoms with Gasteiger partial charge in [-0.05, 0) is 24.1 Å². The lowest BCUT2D eigenvalue weighted by Gasteiger charge is -2.16. The van der Waals surface area contributed by atoms with Crippen LogP contribution in [0.5, 0.6) is 0 Å². The van der Waals surface area contributed by atoms with E-state index in [-0.39, 0.29) is 5.91 Å². The number of aromatic amines is 1. The average molecular weight is 351 g/mol. The predicted octanol–water partition coefficient (Wildman–Crippen LogP) is 2.98. The molecule has 0 saturated heterocycles. The molecule has 0 spiro atoms. The highest BCUT2D eigenvalue weighted by molar-refractivity contribution is 9.10. The number of nitrogen functional groups attached to an aromatic ring is 1. The maximum absolute atomic E-state index is 12.4. The van der Waals surface area contributed by atoms with Crippen LogP contribution in [0.4, 0.5) is 5.69 Å². The van der Waals surface area contributed by atoms with Crippen LogP contribution in [0.15, 0.2) is 28.7 Å². The van der Waals surface area contributed by atoms with E-state index in [1.807, 2.05) is 24.3 Å². The summed E-state index contributed by atoms with van der Waals surface area (Å²) >= 11 is 3.39. The molecule has 0 radical (unpaired) electrons. The first kappa shape index (κ1) is 15.6. The first-order valence-corrected chi connectivity index (χ1v) is 7.64. The van der Waals surface area contributed by atoms with Crippen molar-refractivity contribution >= 4 is 27.5 Å². The summed E-state index contributed by atoms with van der Waals surface area (Å²) < 4.78 is 1.01. The molecule has 1 heterocycles. The van der Waals surface area contributed by atoms with Crippen molar-refractivity contribution in [3.05, 3.63) is 45.7 Å². The Bertz CT molecular complexity index is 621. The number of nitrogens with one attached hydrogen (secondary N) is 1. The highest BCUT2D eigenvalue weighted by Gasteiger charge is 2.20. The van der Waals surface area contributed by atoms with Gasteiger partial charge in [-0.1, -0.05) is 41.4 Å². The molecule has 1 aromatic carbocycles. The molecule has 112 valence electrons. The Morgan fingerprint density at radius 3 is 2.67 bits per heavy atom. The third-order valence-corrected chi connectivity index (χ3v) is 3.79. The molecule has 0 bridgehead atoms. The van der Waals surface area contributed by atoms with Crippen LogP contribution < -0.4 is 5.73 Å². The quantitative estimate of drug-likeness (QED) is 0.870. The van der Waals surface area contributed by atoms with Gasteiger partial charge < -0.3 is 10.6 Å². The van der Waals surface area contributed by atoms with E-state index in [1.54, 1.807) is 11.9 Å². The van der Waals surface area contributed by atoms with Gasteiger partial charge in [-0.25, -0.2) is 0 Å². The summed E-state index contributed by atoms with van der Waals surface area (Å²) in [6.45, 7) is 2.57. The van der Waals surface area contributed by atoms with Crippen LogP contribution in [0, 0.1) is 0 Å². The highest BCUT2D eigenvalue weighted by atomic mass is 79.9. The minimum absolute atomic E-state index is 0.172. The van der Waals surface area contributed by atoms with Crippen molar-refractivity contribution in [1.82, 2.24) is 15.1 Å². The van der Waals surface area contributed by atoms with Gasteiger partial charge in [0.2, 0.25) is 0 Å². The van der Waals surface area contributed by atoms with Crippen LogP contribution in [0.2, 0.25) is 0 Å². The van der Waals surface area contributed by atoms with E-state index in [0.29, 0.717) is 17.9 Å². The van der Waals surface area contributed by atoms with E-state index >= 15 is 0 Å². The molecular formula is C15H19BrN4O. The van der Waals surface area contributed by atoms with Gasteiger partial charge in [-0.15, -0.1) is 0 Å². The Morgan fingerprint density at radius 2 is 2.05 bits per heavy atom. The number of H-pyrrole nitrogens is 1. The lowest BCUT2D eigenvalue weighted by atomic mass is 10.2. The van der Waals surface area contributed by atoms with E-state index in [2.05, 4.69) is 33.1 Å². The Labute approximate surface area is 132 Å². The maximum Gasteiger partial charge on any atom is 0.276 e. The second-order valence-corrected chi connectivity index (χ2v) is 5.92. The number of anilines is 1. The fraction of sp³-hybridized carbons (Fsp3) is 0.333. The fourth-order valence-corrected chi connectivity index (χ4v) is 2.37. The molecule has 0 aliphatic carbocycles. The third kappa shape index (κ3) is 3.64. The van der Waals surface area contributed by atoms with Gasteiger partial charge in [-0.3, -0.25) is 9.89 Å². The lowest BCUT2D eigenvalue weighted by molar-refractivity contribution is 0.0780. The maximum atomic E-state index is 12.4. The van der Waals surface area contributed by atoms with E-state index < -0.39 is 0 Å². The molecule has 5 nitrogen and oxygen atoms in total. The number of hydrogen-bond acceptors (Lipinski definition) is 3. The molecule has 0 aliphatic heterocycles. The van der Waals surface area contributed by atoms with Crippen LogP contribution in [0.25, 0.3) is 0 Å². The Hall–Kier alpha value is -1.82. The normalized spacial score (nSPS) is 10.6. The Kier molecular flexibility index (Phi) is 5.01. The number of benzene rings is 1. The minimum atomic E-state index is -0.172. The summed E-state index contributed by atoms with van der Waals surface area (Å²) in [5.41, 5.74) is 8.64. The van der Waals surface area contributed by atoms with Crippen molar-refractivity contribution in [3.8, 4) is 0 Å². The number of nitrogens with two attached hydrogens (primary N) is 1. The van der Waals surface area contributed by atoms with Crippen molar-refractivity contribution in [2.24, 2.45) is 0 Å². The fourth-order valence-electron chi connectivity index (χ4n) is 2.11. The number of rotatable bonds is 5. The smallest absolute Gasteiger partial charge is 0.276 e. The number of amides is 1. The number of aryl methyl sites for hydroxylation is 1. The number of nitrogens with zero attached hydrogens (tertiary/aromatic N) is 2. The van der Waals surface area contributed by atoms with E-state index in [9.17, 15) is 4.79 Å². The predicted molar refractivity (Wildman–Crippen MR) is 86.9 cm³/mol. The molecule has 1 aromatic heterocycles. The van der Waals surface area contributed by atoms with Crippen molar-refractivity contribution < 1.29 is 4.79 Å². The number of carbonyl (C=O) groups excluding carboxylic acids is 1. The van der Waals surface area contributed by atoms with Crippen LogP contribution in [-0.2, 0) is 13.0 Å². The van der Waals surface area contributed by atoms with Crippen LogP contribution in [0.3, 0.4) is 0 Å². The molecule has 0 atom stereocenters. The van der Waals surface area contributed by atoms with E-state index in [1.165, 1.54) is 0 Å². The van der Waals surface area contributed by atoms with Crippen molar-refractivity contribution in [1.29, 1.82) is 0 Å². The van der Waals surface area contributed by atoms with Gasteiger partial charge in [-0.2, -0.15) is 5.10 Å². The largest absolute Gasteiger partial charge is 0.395 e. The minimum Gasteiger partial charge on any atom is -0.395 e.